The summed E-state index contributed by atoms with van der Waals surface area (Å²) in [6.45, 7) is 1.75. The van der Waals surface area contributed by atoms with E-state index >= 15 is 0 Å². The van der Waals surface area contributed by atoms with Gasteiger partial charge in [0.2, 0.25) is 15.9 Å². The van der Waals surface area contributed by atoms with Crippen molar-refractivity contribution in [2.24, 2.45) is 0 Å². The lowest BCUT2D eigenvalue weighted by Gasteiger charge is -2.34. The van der Waals surface area contributed by atoms with E-state index in [1.807, 2.05) is 35.2 Å². The summed E-state index contributed by atoms with van der Waals surface area (Å²) in [7, 11) is -0.540. The van der Waals surface area contributed by atoms with Crippen LogP contribution in [0.25, 0.3) is 10.8 Å². The van der Waals surface area contributed by atoms with Crippen LogP contribution in [0.2, 0.25) is 0 Å². The molecule has 0 saturated carbocycles. The predicted octanol–water partition coefficient (Wildman–Crippen LogP) is 2.16. The number of rotatable bonds is 5. The maximum atomic E-state index is 13.1. The second-order valence-corrected chi connectivity index (χ2v) is 8.59. The Kier molecular flexibility index (Phi) is 5.25. The summed E-state index contributed by atoms with van der Waals surface area (Å²) in [5.41, 5.74) is 0. The minimum atomic E-state index is -3.56. The number of hydrogen-bond donors (Lipinski definition) is 0. The van der Waals surface area contributed by atoms with E-state index in [4.69, 9.17) is 9.47 Å². The average Bonchev–Trinajstić information content (AvgIpc) is 2.78. The van der Waals surface area contributed by atoms with Gasteiger partial charge in [-0.2, -0.15) is 14.3 Å². The van der Waals surface area contributed by atoms with Gasteiger partial charge in [0.25, 0.3) is 0 Å². The van der Waals surface area contributed by atoms with Crippen molar-refractivity contribution in [1.82, 2.24) is 14.3 Å². The molecule has 0 amide bonds. The molecule has 2 aromatic carbocycles. The van der Waals surface area contributed by atoms with Gasteiger partial charge in [-0.3, -0.25) is 0 Å². The first-order valence-electron chi connectivity index (χ1n) is 9.22. The van der Waals surface area contributed by atoms with Gasteiger partial charge in [-0.05, 0) is 22.9 Å². The van der Waals surface area contributed by atoms with Gasteiger partial charge in [0.05, 0.1) is 19.1 Å². The molecule has 1 saturated heterocycles. The molecule has 1 aromatic heterocycles. The molecule has 1 fully saturated rings. The molecular weight excluding hydrogens is 392 g/mol. The fourth-order valence-electron chi connectivity index (χ4n) is 3.38. The van der Waals surface area contributed by atoms with Gasteiger partial charge in [-0.15, -0.1) is 0 Å². The third-order valence-electron chi connectivity index (χ3n) is 4.98. The second-order valence-electron chi connectivity index (χ2n) is 6.66. The number of benzene rings is 2. The van der Waals surface area contributed by atoms with Crippen molar-refractivity contribution in [3.8, 4) is 11.9 Å². The molecule has 0 atom stereocenters. The Labute approximate surface area is 169 Å². The van der Waals surface area contributed by atoms with Crippen LogP contribution in [0.15, 0.2) is 53.4 Å². The monoisotopic (exact) mass is 414 g/mol. The van der Waals surface area contributed by atoms with Crippen LogP contribution in [0.3, 0.4) is 0 Å². The van der Waals surface area contributed by atoms with Crippen molar-refractivity contribution in [1.29, 1.82) is 0 Å². The molecule has 2 heterocycles. The number of aromatic nitrogens is 2. The van der Waals surface area contributed by atoms with E-state index in [1.54, 1.807) is 18.2 Å². The van der Waals surface area contributed by atoms with Crippen molar-refractivity contribution in [3.05, 3.63) is 48.5 Å². The van der Waals surface area contributed by atoms with Crippen LogP contribution < -0.4 is 14.4 Å². The zero-order valence-electron chi connectivity index (χ0n) is 16.3. The molecule has 8 nitrogen and oxygen atoms in total. The van der Waals surface area contributed by atoms with E-state index in [1.165, 1.54) is 18.5 Å². The van der Waals surface area contributed by atoms with E-state index in [-0.39, 0.29) is 6.01 Å². The Morgan fingerprint density at radius 1 is 0.862 bits per heavy atom. The highest BCUT2D eigenvalue weighted by Gasteiger charge is 2.29. The molecule has 0 N–H and O–H groups in total. The van der Waals surface area contributed by atoms with Crippen LogP contribution in [0.5, 0.6) is 11.9 Å². The Morgan fingerprint density at radius 2 is 1.59 bits per heavy atom. The van der Waals surface area contributed by atoms with Crippen molar-refractivity contribution < 1.29 is 17.9 Å². The number of piperazine rings is 1. The van der Waals surface area contributed by atoms with Crippen LogP contribution >= 0.6 is 0 Å². The van der Waals surface area contributed by atoms with E-state index in [2.05, 4.69) is 9.97 Å². The number of ether oxygens (including phenoxy) is 2. The smallest absolute Gasteiger partial charge is 0.321 e. The first-order chi connectivity index (χ1) is 14.0. The van der Waals surface area contributed by atoms with Gasteiger partial charge in [0.15, 0.2) is 0 Å². The lowest BCUT2D eigenvalue weighted by molar-refractivity contribution is 0.349. The van der Waals surface area contributed by atoms with Crippen molar-refractivity contribution in [3.63, 3.8) is 0 Å². The van der Waals surface area contributed by atoms with Crippen LogP contribution in [0.1, 0.15) is 0 Å². The van der Waals surface area contributed by atoms with E-state index in [0.717, 1.165) is 10.8 Å². The molecular formula is C20H22N4O4S. The molecule has 4 rings (SSSR count). The van der Waals surface area contributed by atoms with Gasteiger partial charge < -0.3 is 14.4 Å². The molecule has 1 aliphatic heterocycles. The van der Waals surface area contributed by atoms with Crippen molar-refractivity contribution in [2.75, 3.05) is 45.3 Å². The third-order valence-corrected chi connectivity index (χ3v) is 6.88. The van der Waals surface area contributed by atoms with Crippen LogP contribution in [0.4, 0.5) is 5.82 Å². The fraction of sp³-hybridized carbons (Fsp3) is 0.300. The number of sulfonamides is 1. The molecule has 0 spiro atoms. The van der Waals surface area contributed by atoms with E-state index in [0.29, 0.717) is 42.8 Å². The van der Waals surface area contributed by atoms with Crippen LogP contribution in [-0.2, 0) is 10.0 Å². The largest absolute Gasteiger partial charge is 0.481 e. The minimum Gasteiger partial charge on any atom is -0.481 e. The van der Waals surface area contributed by atoms with Gasteiger partial charge in [0.1, 0.15) is 5.82 Å². The minimum absolute atomic E-state index is 0.213. The standard InChI is InChI=1S/C20H22N4O4S/c1-27-19-14-18(21-20(22-19)28-2)23-9-11-24(12-10-23)29(25,26)17-8-7-15-5-3-4-6-16(15)13-17/h3-8,13-14H,9-12H2,1-2H3. The highest BCUT2D eigenvalue weighted by molar-refractivity contribution is 7.89. The Bertz CT molecular complexity index is 1110. The lowest BCUT2D eigenvalue weighted by atomic mass is 10.1. The summed E-state index contributed by atoms with van der Waals surface area (Å²) in [5, 5.41) is 1.93. The van der Waals surface area contributed by atoms with E-state index < -0.39 is 10.0 Å². The molecule has 0 aliphatic carbocycles. The van der Waals surface area contributed by atoms with Gasteiger partial charge >= 0.3 is 6.01 Å². The highest BCUT2D eigenvalue weighted by atomic mass is 32.2. The molecule has 0 bridgehead atoms. The topological polar surface area (TPSA) is 84.9 Å². The number of nitrogens with zero attached hydrogens (tertiary/aromatic N) is 4. The maximum absolute atomic E-state index is 13.1. The molecule has 9 heteroatoms. The Morgan fingerprint density at radius 3 is 2.28 bits per heavy atom. The normalized spacial score (nSPS) is 15.4. The van der Waals surface area contributed by atoms with Gasteiger partial charge in [0, 0.05) is 32.2 Å². The van der Waals surface area contributed by atoms with Crippen LogP contribution in [0, 0.1) is 0 Å². The fourth-order valence-corrected chi connectivity index (χ4v) is 4.84. The number of fused-ring (bicyclic) bond motifs is 1. The third kappa shape index (κ3) is 3.83. The summed E-state index contributed by atoms with van der Waals surface area (Å²) in [6, 6.07) is 14.9. The summed E-state index contributed by atoms with van der Waals surface area (Å²) >= 11 is 0. The number of anilines is 1. The zero-order chi connectivity index (χ0) is 20.4. The van der Waals surface area contributed by atoms with Crippen molar-refractivity contribution in [2.45, 2.75) is 4.90 Å². The van der Waals surface area contributed by atoms with Crippen LogP contribution in [-0.4, -0.2) is 63.1 Å². The van der Waals surface area contributed by atoms with Gasteiger partial charge in [-0.25, -0.2) is 8.42 Å². The molecule has 0 radical (unpaired) electrons. The first-order valence-corrected chi connectivity index (χ1v) is 10.7. The van der Waals surface area contributed by atoms with E-state index in [9.17, 15) is 8.42 Å². The summed E-state index contributed by atoms with van der Waals surface area (Å²) in [5.74, 6) is 1.05. The SMILES string of the molecule is COc1cc(N2CCN(S(=O)(=O)c3ccc4ccccc4c3)CC2)nc(OC)n1. The quantitative estimate of drug-likeness (QED) is 0.632. The zero-order valence-corrected chi connectivity index (χ0v) is 17.1. The number of hydrogen-bond acceptors (Lipinski definition) is 7. The van der Waals surface area contributed by atoms with Crippen molar-refractivity contribution >= 4 is 26.6 Å². The maximum Gasteiger partial charge on any atom is 0.321 e. The molecule has 29 heavy (non-hydrogen) atoms. The Balaban J connectivity index is 1.52. The molecule has 152 valence electrons. The van der Waals surface area contributed by atoms with Gasteiger partial charge in [-0.1, -0.05) is 30.3 Å². The lowest BCUT2D eigenvalue weighted by Crippen LogP contribution is -2.48. The predicted molar refractivity (Wildman–Crippen MR) is 110 cm³/mol. The molecule has 0 unspecified atom stereocenters. The summed E-state index contributed by atoms with van der Waals surface area (Å²) in [4.78, 5) is 10.8. The number of methoxy groups -OCH3 is 2. The summed E-state index contributed by atoms with van der Waals surface area (Å²) < 4.78 is 38.1. The summed E-state index contributed by atoms with van der Waals surface area (Å²) in [6.07, 6.45) is 0. The average molecular weight is 414 g/mol. The first kappa shape index (κ1) is 19.4. The Hall–Kier alpha value is -2.91. The highest BCUT2D eigenvalue weighted by Crippen LogP contribution is 2.25. The molecule has 3 aromatic rings. The second kappa shape index (κ2) is 7.84. The molecule has 1 aliphatic rings.